The molecule has 0 atom stereocenters. The summed E-state index contributed by atoms with van der Waals surface area (Å²) in [7, 11) is -3.65. The molecule has 0 saturated carbocycles. The molecule has 1 aromatic heterocycles. The molecule has 0 saturated heterocycles. The van der Waals surface area contributed by atoms with Gasteiger partial charge in [-0.2, -0.15) is 0 Å². The number of anilines is 1. The Bertz CT molecular complexity index is 1060. The summed E-state index contributed by atoms with van der Waals surface area (Å²) in [5.41, 5.74) is 1.48. The minimum Gasteiger partial charge on any atom is -0.460 e. The molecule has 1 amide bonds. The van der Waals surface area contributed by atoms with Gasteiger partial charge in [0.1, 0.15) is 17.4 Å². The van der Waals surface area contributed by atoms with Gasteiger partial charge in [0, 0.05) is 11.3 Å². The molecule has 0 radical (unpaired) electrons. The Labute approximate surface area is 172 Å². The second kappa shape index (κ2) is 9.35. The van der Waals surface area contributed by atoms with E-state index >= 15 is 0 Å². The number of hydrogen-bond acceptors (Lipinski definition) is 6. The fourth-order valence-corrected chi connectivity index (χ4v) is 4.41. The third-order valence-corrected chi connectivity index (χ3v) is 6.57. The normalized spacial score (nSPS) is 10.9. The molecule has 0 aliphatic heterocycles. The number of nitrogens with one attached hydrogen (secondary N) is 2. The van der Waals surface area contributed by atoms with E-state index in [-0.39, 0.29) is 17.4 Å². The Morgan fingerprint density at radius 3 is 2.31 bits per heavy atom. The third-order valence-electron chi connectivity index (χ3n) is 3.80. The summed E-state index contributed by atoms with van der Waals surface area (Å²) in [5.74, 6) is -1.02. The molecular formula is C20H18N2O5S2. The third kappa shape index (κ3) is 5.90. The van der Waals surface area contributed by atoms with Crippen LogP contribution in [-0.2, 0) is 26.2 Å². The summed E-state index contributed by atoms with van der Waals surface area (Å²) < 4.78 is 32.1. The summed E-state index contributed by atoms with van der Waals surface area (Å²) in [6.45, 7) is -0.132. The maximum atomic E-state index is 12.2. The summed E-state index contributed by atoms with van der Waals surface area (Å²) >= 11 is 1.11. The highest BCUT2D eigenvalue weighted by molar-refractivity contribution is 7.94. The summed E-state index contributed by atoms with van der Waals surface area (Å²) in [6.07, 6.45) is 0. The lowest BCUT2D eigenvalue weighted by Crippen LogP contribution is -2.30. The zero-order valence-electron chi connectivity index (χ0n) is 15.2. The van der Waals surface area contributed by atoms with Crippen molar-refractivity contribution in [1.29, 1.82) is 0 Å². The van der Waals surface area contributed by atoms with Gasteiger partial charge in [-0.25, -0.2) is 8.42 Å². The molecule has 3 aromatic rings. The number of hydrogen-bond donors (Lipinski definition) is 2. The second-order valence-electron chi connectivity index (χ2n) is 5.94. The number of carbonyl (C=O) groups excluding carboxylic acids is 2. The van der Waals surface area contributed by atoms with Gasteiger partial charge in [-0.05, 0) is 41.3 Å². The van der Waals surface area contributed by atoms with E-state index in [1.165, 1.54) is 30.3 Å². The first kappa shape index (κ1) is 20.6. The van der Waals surface area contributed by atoms with E-state index in [0.717, 1.165) is 16.9 Å². The van der Waals surface area contributed by atoms with E-state index in [2.05, 4.69) is 10.0 Å². The highest BCUT2D eigenvalue weighted by Crippen LogP contribution is 2.20. The fourth-order valence-electron chi connectivity index (χ4n) is 2.36. The van der Waals surface area contributed by atoms with E-state index in [4.69, 9.17) is 4.74 Å². The molecule has 150 valence electrons. The van der Waals surface area contributed by atoms with Crippen molar-refractivity contribution in [2.75, 3.05) is 11.3 Å². The maximum Gasteiger partial charge on any atom is 0.325 e. The average molecular weight is 431 g/mol. The molecule has 0 bridgehead atoms. The Balaban J connectivity index is 1.49. The van der Waals surface area contributed by atoms with Gasteiger partial charge < -0.3 is 10.1 Å². The van der Waals surface area contributed by atoms with Gasteiger partial charge in [-0.15, -0.1) is 11.3 Å². The fraction of sp³-hybridized carbons (Fsp3) is 0.100. The maximum absolute atomic E-state index is 12.2. The monoisotopic (exact) mass is 430 g/mol. The molecule has 0 spiro atoms. The molecule has 1 heterocycles. The second-order valence-corrected chi connectivity index (χ2v) is 8.80. The number of rotatable bonds is 8. The van der Waals surface area contributed by atoms with E-state index in [9.17, 15) is 18.0 Å². The van der Waals surface area contributed by atoms with Crippen molar-refractivity contribution in [2.24, 2.45) is 0 Å². The molecule has 0 fully saturated rings. The van der Waals surface area contributed by atoms with Crippen LogP contribution in [0.5, 0.6) is 0 Å². The topological polar surface area (TPSA) is 102 Å². The van der Waals surface area contributed by atoms with Gasteiger partial charge >= 0.3 is 5.97 Å². The predicted molar refractivity (Wildman–Crippen MR) is 110 cm³/mol. The summed E-state index contributed by atoms with van der Waals surface area (Å²) in [5, 5.41) is 4.15. The van der Waals surface area contributed by atoms with Crippen molar-refractivity contribution in [3.63, 3.8) is 0 Å². The quantitative estimate of drug-likeness (QED) is 0.535. The van der Waals surface area contributed by atoms with Crippen LogP contribution in [0.15, 0.2) is 76.3 Å². The van der Waals surface area contributed by atoms with Gasteiger partial charge in [-0.1, -0.05) is 36.4 Å². The smallest absolute Gasteiger partial charge is 0.325 e. The highest BCUT2D eigenvalue weighted by Gasteiger charge is 2.15. The van der Waals surface area contributed by atoms with Crippen molar-refractivity contribution in [3.05, 3.63) is 83.2 Å². The SMILES string of the molecule is O=C(CNC(=O)c1ccc(NS(=O)(=O)c2cccs2)cc1)OCc1ccccc1. The van der Waals surface area contributed by atoms with E-state index in [1.54, 1.807) is 11.4 Å². The van der Waals surface area contributed by atoms with Crippen LogP contribution in [0.4, 0.5) is 5.69 Å². The molecular weight excluding hydrogens is 412 g/mol. The minimum atomic E-state index is -3.65. The van der Waals surface area contributed by atoms with Gasteiger partial charge in [0.05, 0.1) is 0 Å². The van der Waals surface area contributed by atoms with Crippen molar-refractivity contribution >= 4 is 38.9 Å². The number of sulfonamides is 1. The van der Waals surface area contributed by atoms with E-state index < -0.39 is 21.9 Å². The zero-order valence-corrected chi connectivity index (χ0v) is 16.8. The molecule has 2 aromatic carbocycles. The lowest BCUT2D eigenvalue weighted by atomic mass is 10.2. The van der Waals surface area contributed by atoms with Crippen molar-refractivity contribution in [2.45, 2.75) is 10.8 Å². The predicted octanol–water partition coefficient (Wildman–Crippen LogP) is 3.02. The van der Waals surface area contributed by atoms with Gasteiger partial charge in [-0.3, -0.25) is 14.3 Å². The molecule has 3 rings (SSSR count). The Kier molecular flexibility index (Phi) is 6.63. The number of esters is 1. The van der Waals surface area contributed by atoms with E-state index in [0.29, 0.717) is 11.3 Å². The van der Waals surface area contributed by atoms with Crippen LogP contribution < -0.4 is 10.0 Å². The molecule has 0 unspecified atom stereocenters. The lowest BCUT2D eigenvalue weighted by Gasteiger charge is -2.08. The molecule has 0 aliphatic carbocycles. The minimum absolute atomic E-state index is 0.134. The standard InChI is InChI=1S/C20H18N2O5S2/c23-18(27-14-15-5-2-1-3-6-15)13-21-20(24)16-8-10-17(11-9-16)22-29(25,26)19-7-4-12-28-19/h1-12,22H,13-14H2,(H,21,24). The summed E-state index contributed by atoms with van der Waals surface area (Å²) in [6, 6.07) is 18.3. The lowest BCUT2D eigenvalue weighted by molar-refractivity contribution is -0.143. The van der Waals surface area contributed by atoms with Crippen LogP contribution in [0.25, 0.3) is 0 Å². The number of carbonyl (C=O) groups is 2. The van der Waals surface area contributed by atoms with Gasteiger partial charge in [0.15, 0.2) is 0 Å². The first-order valence-corrected chi connectivity index (χ1v) is 10.9. The molecule has 2 N–H and O–H groups in total. The Morgan fingerprint density at radius 1 is 0.931 bits per heavy atom. The Hall–Kier alpha value is -3.17. The largest absolute Gasteiger partial charge is 0.460 e. The van der Waals surface area contributed by atoms with Gasteiger partial charge in [0.2, 0.25) is 0 Å². The van der Waals surface area contributed by atoms with Crippen LogP contribution in [0.2, 0.25) is 0 Å². The van der Waals surface area contributed by atoms with Crippen LogP contribution in [0.1, 0.15) is 15.9 Å². The molecule has 29 heavy (non-hydrogen) atoms. The zero-order chi connectivity index (χ0) is 20.7. The van der Waals surface area contributed by atoms with Crippen molar-refractivity contribution < 1.29 is 22.7 Å². The number of benzene rings is 2. The average Bonchev–Trinajstić information content (AvgIpc) is 3.27. The van der Waals surface area contributed by atoms with Crippen LogP contribution >= 0.6 is 11.3 Å². The van der Waals surface area contributed by atoms with Crippen LogP contribution in [-0.4, -0.2) is 26.8 Å². The van der Waals surface area contributed by atoms with Crippen LogP contribution in [0.3, 0.4) is 0 Å². The Morgan fingerprint density at radius 2 is 1.66 bits per heavy atom. The van der Waals surface area contributed by atoms with Gasteiger partial charge in [0.25, 0.3) is 15.9 Å². The number of ether oxygens (including phenoxy) is 1. The van der Waals surface area contributed by atoms with E-state index in [1.807, 2.05) is 30.3 Å². The number of amides is 1. The number of thiophene rings is 1. The van der Waals surface area contributed by atoms with Crippen molar-refractivity contribution in [1.82, 2.24) is 5.32 Å². The highest BCUT2D eigenvalue weighted by atomic mass is 32.2. The summed E-state index contributed by atoms with van der Waals surface area (Å²) in [4.78, 5) is 23.9. The molecule has 0 aliphatic rings. The van der Waals surface area contributed by atoms with Crippen molar-refractivity contribution in [3.8, 4) is 0 Å². The van der Waals surface area contributed by atoms with Crippen LogP contribution in [0, 0.1) is 0 Å². The first-order valence-electron chi connectivity index (χ1n) is 8.58. The molecule has 7 nitrogen and oxygen atoms in total. The first-order chi connectivity index (χ1) is 13.9. The molecule has 9 heteroatoms.